The zero-order valence-electron chi connectivity index (χ0n) is 9.35. The molecule has 1 aromatic heterocycles. The van der Waals surface area contributed by atoms with Gasteiger partial charge in [-0.1, -0.05) is 25.3 Å². The van der Waals surface area contributed by atoms with Crippen molar-refractivity contribution in [1.29, 1.82) is 0 Å². The molecule has 0 radical (unpaired) electrons. The summed E-state index contributed by atoms with van der Waals surface area (Å²) in [5.74, 6) is -0.208. The van der Waals surface area contributed by atoms with Crippen LogP contribution < -0.4 is 0 Å². The Kier molecular flexibility index (Phi) is 3.54. The fourth-order valence-electron chi connectivity index (χ4n) is 2.35. The number of hydrogen-bond acceptors (Lipinski definition) is 2. The summed E-state index contributed by atoms with van der Waals surface area (Å²) in [7, 11) is 0. The lowest BCUT2D eigenvalue weighted by Gasteiger charge is -2.20. The SMILES string of the molecule is O=C(O)Cc1ccc(C2CCCCC2)nc1. The molecule has 0 aliphatic heterocycles. The molecule has 0 bridgehead atoms. The lowest BCUT2D eigenvalue weighted by Crippen LogP contribution is -2.07. The zero-order valence-corrected chi connectivity index (χ0v) is 9.35. The van der Waals surface area contributed by atoms with Gasteiger partial charge in [0, 0.05) is 17.8 Å². The van der Waals surface area contributed by atoms with Gasteiger partial charge in [0.15, 0.2) is 0 Å². The van der Waals surface area contributed by atoms with E-state index in [0.717, 1.165) is 11.3 Å². The van der Waals surface area contributed by atoms with E-state index in [1.807, 2.05) is 12.1 Å². The van der Waals surface area contributed by atoms with Crippen LogP contribution in [0, 0.1) is 0 Å². The second kappa shape index (κ2) is 5.10. The molecule has 0 spiro atoms. The average molecular weight is 219 g/mol. The Morgan fingerprint density at radius 2 is 2.06 bits per heavy atom. The highest BCUT2D eigenvalue weighted by molar-refractivity contribution is 5.69. The molecule has 1 aliphatic carbocycles. The van der Waals surface area contributed by atoms with Crippen LogP contribution in [0.25, 0.3) is 0 Å². The maximum absolute atomic E-state index is 10.5. The van der Waals surface area contributed by atoms with Crippen LogP contribution in [0.2, 0.25) is 0 Å². The van der Waals surface area contributed by atoms with Gasteiger partial charge in [-0.25, -0.2) is 0 Å². The highest BCUT2D eigenvalue weighted by atomic mass is 16.4. The second-order valence-electron chi connectivity index (χ2n) is 4.50. The second-order valence-corrected chi connectivity index (χ2v) is 4.50. The summed E-state index contributed by atoms with van der Waals surface area (Å²) in [6, 6.07) is 3.89. The minimum Gasteiger partial charge on any atom is -0.481 e. The fourth-order valence-corrected chi connectivity index (χ4v) is 2.35. The van der Waals surface area contributed by atoms with Gasteiger partial charge in [0.1, 0.15) is 0 Å². The first-order valence-corrected chi connectivity index (χ1v) is 5.92. The molecule has 3 heteroatoms. The van der Waals surface area contributed by atoms with Crippen molar-refractivity contribution in [3.8, 4) is 0 Å². The van der Waals surface area contributed by atoms with Crippen molar-refractivity contribution < 1.29 is 9.90 Å². The molecule has 86 valence electrons. The highest BCUT2D eigenvalue weighted by Gasteiger charge is 2.16. The number of nitrogens with zero attached hydrogens (tertiary/aromatic N) is 1. The van der Waals surface area contributed by atoms with Gasteiger partial charge in [-0.05, 0) is 24.5 Å². The van der Waals surface area contributed by atoms with Gasteiger partial charge in [0.25, 0.3) is 0 Å². The van der Waals surface area contributed by atoms with Crippen LogP contribution in [0.4, 0.5) is 0 Å². The van der Waals surface area contributed by atoms with E-state index in [1.54, 1.807) is 6.20 Å². The lowest BCUT2D eigenvalue weighted by molar-refractivity contribution is -0.136. The van der Waals surface area contributed by atoms with Crippen molar-refractivity contribution in [2.75, 3.05) is 0 Å². The Labute approximate surface area is 95.5 Å². The number of carbonyl (C=O) groups is 1. The molecular weight excluding hydrogens is 202 g/mol. The highest BCUT2D eigenvalue weighted by Crippen LogP contribution is 2.31. The monoisotopic (exact) mass is 219 g/mol. The molecule has 1 aliphatic rings. The predicted octanol–water partition coefficient (Wildman–Crippen LogP) is 2.76. The third kappa shape index (κ3) is 2.81. The molecule has 0 unspecified atom stereocenters. The molecule has 1 heterocycles. The maximum atomic E-state index is 10.5. The Bertz CT molecular complexity index is 353. The summed E-state index contributed by atoms with van der Waals surface area (Å²) in [4.78, 5) is 14.9. The number of carboxylic acid groups (broad SMARTS) is 1. The summed E-state index contributed by atoms with van der Waals surface area (Å²) in [6.07, 6.45) is 8.16. The smallest absolute Gasteiger partial charge is 0.307 e. The van der Waals surface area contributed by atoms with Crippen LogP contribution in [-0.4, -0.2) is 16.1 Å². The molecule has 3 nitrogen and oxygen atoms in total. The Morgan fingerprint density at radius 1 is 1.31 bits per heavy atom. The Morgan fingerprint density at radius 3 is 2.62 bits per heavy atom. The molecular formula is C13H17NO2. The van der Waals surface area contributed by atoms with E-state index in [4.69, 9.17) is 5.11 Å². The van der Waals surface area contributed by atoms with Crippen molar-refractivity contribution in [3.63, 3.8) is 0 Å². The average Bonchev–Trinajstić information content (AvgIpc) is 2.30. The summed E-state index contributed by atoms with van der Waals surface area (Å²) < 4.78 is 0. The van der Waals surface area contributed by atoms with Crippen LogP contribution in [0.1, 0.15) is 49.3 Å². The molecule has 1 saturated carbocycles. The molecule has 0 atom stereocenters. The summed E-state index contributed by atoms with van der Waals surface area (Å²) in [5, 5.41) is 8.66. The number of pyridine rings is 1. The molecule has 0 amide bonds. The van der Waals surface area contributed by atoms with Crippen LogP contribution in [0.5, 0.6) is 0 Å². The first-order chi connectivity index (χ1) is 7.75. The fraction of sp³-hybridized carbons (Fsp3) is 0.538. The minimum atomic E-state index is -0.799. The molecule has 1 N–H and O–H groups in total. The van der Waals surface area contributed by atoms with E-state index in [-0.39, 0.29) is 6.42 Å². The van der Waals surface area contributed by atoms with Crippen molar-refractivity contribution in [2.45, 2.75) is 44.4 Å². The molecule has 1 aromatic rings. The van der Waals surface area contributed by atoms with Gasteiger partial charge in [-0.2, -0.15) is 0 Å². The molecule has 0 aromatic carbocycles. The third-order valence-corrected chi connectivity index (χ3v) is 3.23. The normalized spacial score (nSPS) is 17.2. The van der Waals surface area contributed by atoms with Crippen molar-refractivity contribution >= 4 is 5.97 Å². The number of aliphatic carboxylic acids is 1. The zero-order chi connectivity index (χ0) is 11.4. The third-order valence-electron chi connectivity index (χ3n) is 3.23. The van der Waals surface area contributed by atoms with Gasteiger partial charge in [-0.15, -0.1) is 0 Å². The van der Waals surface area contributed by atoms with Gasteiger partial charge in [0.2, 0.25) is 0 Å². The molecule has 0 saturated heterocycles. The Balaban J connectivity index is 2.03. The van der Waals surface area contributed by atoms with E-state index < -0.39 is 5.97 Å². The largest absolute Gasteiger partial charge is 0.481 e. The summed E-state index contributed by atoms with van der Waals surface area (Å²) in [5.41, 5.74) is 1.92. The quantitative estimate of drug-likeness (QED) is 0.850. The molecule has 1 fully saturated rings. The lowest BCUT2D eigenvalue weighted by atomic mass is 9.86. The van der Waals surface area contributed by atoms with Crippen LogP contribution in [0.3, 0.4) is 0 Å². The summed E-state index contributed by atoms with van der Waals surface area (Å²) >= 11 is 0. The van der Waals surface area contributed by atoms with E-state index >= 15 is 0 Å². The first kappa shape index (κ1) is 11.1. The van der Waals surface area contributed by atoms with Gasteiger partial charge in [-0.3, -0.25) is 9.78 Å². The number of rotatable bonds is 3. The van der Waals surface area contributed by atoms with Crippen LogP contribution >= 0.6 is 0 Å². The number of hydrogen-bond donors (Lipinski definition) is 1. The van der Waals surface area contributed by atoms with E-state index in [9.17, 15) is 4.79 Å². The predicted molar refractivity (Wildman–Crippen MR) is 61.4 cm³/mol. The van der Waals surface area contributed by atoms with E-state index in [0.29, 0.717) is 5.92 Å². The minimum absolute atomic E-state index is 0.0674. The van der Waals surface area contributed by atoms with Crippen molar-refractivity contribution in [3.05, 3.63) is 29.6 Å². The Hall–Kier alpha value is -1.38. The standard InChI is InChI=1S/C13H17NO2/c15-13(16)8-10-6-7-12(14-9-10)11-4-2-1-3-5-11/h6-7,9,11H,1-5,8H2,(H,15,16). The van der Waals surface area contributed by atoms with Gasteiger partial charge in [0.05, 0.1) is 6.42 Å². The van der Waals surface area contributed by atoms with E-state index in [2.05, 4.69) is 4.98 Å². The molecule has 2 rings (SSSR count). The number of carboxylic acids is 1. The van der Waals surface area contributed by atoms with Crippen LogP contribution in [0.15, 0.2) is 18.3 Å². The molecule has 16 heavy (non-hydrogen) atoms. The van der Waals surface area contributed by atoms with Crippen LogP contribution in [-0.2, 0) is 11.2 Å². The number of aromatic nitrogens is 1. The van der Waals surface area contributed by atoms with E-state index in [1.165, 1.54) is 32.1 Å². The van der Waals surface area contributed by atoms with Crippen molar-refractivity contribution in [1.82, 2.24) is 4.98 Å². The van der Waals surface area contributed by atoms with Gasteiger partial charge >= 0.3 is 5.97 Å². The summed E-state index contributed by atoms with van der Waals surface area (Å²) in [6.45, 7) is 0. The maximum Gasteiger partial charge on any atom is 0.307 e. The first-order valence-electron chi connectivity index (χ1n) is 5.92. The van der Waals surface area contributed by atoms with Crippen molar-refractivity contribution in [2.24, 2.45) is 0 Å². The topological polar surface area (TPSA) is 50.2 Å². The van der Waals surface area contributed by atoms with Gasteiger partial charge < -0.3 is 5.11 Å².